The van der Waals surface area contributed by atoms with Gasteiger partial charge in [-0.25, -0.2) is 0 Å². The normalized spacial score (nSPS) is 22.8. The van der Waals surface area contributed by atoms with Crippen LogP contribution in [0.2, 0.25) is 0 Å². The van der Waals surface area contributed by atoms with E-state index < -0.39 is 5.38 Å². The molecule has 1 amide bonds. The van der Waals surface area contributed by atoms with Gasteiger partial charge < -0.3 is 4.90 Å². The second-order valence-corrected chi connectivity index (χ2v) is 6.92. The van der Waals surface area contributed by atoms with Crippen molar-refractivity contribution in [3.8, 4) is 0 Å². The lowest BCUT2D eigenvalue weighted by Gasteiger charge is -2.46. The summed E-state index contributed by atoms with van der Waals surface area (Å²) in [6.07, 6.45) is 0.957. The minimum absolute atomic E-state index is 0.0105. The lowest BCUT2D eigenvalue weighted by molar-refractivity contribution is -0.119. The van der Waals surface area contributed by atoms with E-state index in [-0.39, 0.29) is 11.4 Å². The third-order valence-electron chi connectivity index (χ3n) is 3.93. The van der Waals surface area contributed by atoms with Gasteiger partial charge in [0, 0.05) is 11.2 Å². The van der Waals surface area contributed by atoms with Gasteiger partial charge in [0.05, 0.1) is 0 Å². The molecule has 0 spiro atoms. The second-order valence-electron chi connectivity index (χ2n) is 6.27. The molecule has 1 aromatic carbocycles. The Morgan fingerprint density at radius 2 is 2.11 bits per heavy atom. The van der Waals surface area contributed by atoms with E-state index in [1.54, 1.807) is 6.92 Å². The molecule has 104 valence electrons. The van der Waals surface area contributed by atoms with E-state index in [9.17, 15) is 4.79 Å². The minimum Gasteiger partial charge on any atom is -0.305 e. The molecule has 2 rings (SSSR count). The molecule has 1 heterocycles. The Morgan fingerprint density at radius 3 is 2.68 bits per heavy atom. The van der Waals surface area contributed by atoms with E-state index >= 15 is 0 Å². The molecule has 0 radical (unpaired) electrons. The van der Waals surface area contributed by atoms with Gasteiger partial charge in [0.15, 0.2) is 0 Å². The fourth-order valence-electron chi connectivity index (χ4n) is 3.14. The monoisotopic (exact) mass is 279 g/mol. The fourth-order valence-corrected chi connectivity index (χ4v) is 3.24. The first kappa shape index (κ1) is 14.4. The largest absolute Gasteiger partial charge is 0.305 e. The van der Waals surface area contributed by atoms with Crippen LogP contribution in [0.3, 0.4) is 0 Å². The zero-order valence-electron chi connectivity index (χ0n) is 12.3. The molecule has 0 bridgehead atoms. The SMILES string of the molecule is Cc1ccc2c(c1)[C@@H](C)CC(C)(C)N2C(=O)[C@@H](C)Cl. The molecule has 0 aromatic heterocycles. The lowest BCUT2D eigenvalue weighted by atomic mass is 9.79. The van der Waals surface area contributed by atoms with E-state index in [1.807, 2.05) is 4.90 Å². The number of halogens is 1. The summed E-state index contributed by atoms with van der Waals surface area (Å²) < 4.78 is 0. The lowest BCUT2D eigenvalue weighted by Crippen LogP contribution is -2.53. The summed E-state index contributed by atoms with van der Waals surface area (Å²) in [5.41, 5.74) is 3.32. The maximum Gasteiger partial charge on any atom is 0.245 e. The molecule has 1 aliphatic rings. The molecular formula is C16H22ClNO. The topological polar surface area (TPSA) is 20.3 Å². The highest BCUT2D eigenvalue weighted by Crippen LogP contribution is 2.44. The molecule has 0 fully saturated rings. The van der Waals surface area contributed by atoms with Crippen LogP contribution < -0.4 is 4.90 Å². The van der Waals surface area contributed by atoms with Gasteiger partial charge in [-0.05, 0) is 51.7 Å². The van der Waals surface area contributed by atoms with E-state index in [2.05, 4.69) is 45.9 Å². The number of alkyl halides is 1. The highest BCUT2D eigenvalue weighted by atomic mass is 35.5. The van der Waals surface area contributed by atoms with Crippen LogP contribution in [0.4, 0.5) is 5.69 Å². The number of anilines is 1. The summed E-state index contributed by atoms with van der Waals surface area (Å²) in [5.74, 6) is 0.447. The molecule has 1 aromatic rings. The van der Waals surface area contributed by atoms with Gasteiger partial charge in [-0.3, -0.25) is 4.79 Å². The number of rotatable bonds is 1. The zero-order chi connectivity index (χ0) is 14.4. The average Bonchev–Trinajstić information content (AvgIpc) is 2.28. The van der Waals surface area contributed by atoms with Crippen LogP contribution in [0.5, 0.6) is 0 Å². The molecule has 2 atom stereocenters. The number of hydrogen-bond acceptors (Lipinski definition) is 1. The Hall–Kier alpha value is -1.02. The number of carbonyl (C=O) groups is 1. The van der Waals surface area contributed by atoms with Crippen LogP contribution in [0.1, 0.15) is 51.2 Å². The number of benzene rings is 1. The van der Waals surface area contributed by atoms with Gasteiger partial charge in [0.2, 0.25) is 5.91 Å². The Morgan fingerprint density at radius 1 is 1.47 bits per heavy atom. The summed E-state index contributed by atoms with van der Waals surface area (Å²) >= 11 is 6.03. The Labute approximate surface area is 120 Å². The molecule has 0 unspecified atom stereocenters. The zero-order valence-corrected chi connectivity index (χ0v) is 13.1. The van der Waals surface area contributed by atoms with Crippen LogP contribution in [-0.4, -0.2) is 16.8 Å². The van der Waals surface area contributed by atoms with Gasteiger partial charge >= 0.3 is 0 Å². The van der Waals surface area contributed by atoms with E-state index in [0.29, 0.717) is 5.92 Å². The second kappa shape index (κ2) is 4.82. The number of nitrogens with zero attached hydrogens (tertiary/aromatic N) is 1. The smallest absolute Gasteiger partial charge is 0.245 e. The summed E-state index contributed by atoms with van der Waals surface area (Å²) in [5, 5.41) is -0.498. The van der Waals surface area contributed by atoms with Crippen LogP contribution in [-0.2, 0) is 4.79 Å². The Balaban J connectivity index is 2.58. The van der Waals surface area contributed by atoms with Crippen LogP contribution >= 0.6 is 11.6 Å². The van der Waals surface area contributed by atoms with Crippen molar-refractivity contribution in [1.29, 1.82) is 0 Å². The van der Waals surface area contributed by atoms with Crippen molar-refractivity contribution in [1.82, 2.24) is 0 Å². The predicted molar refractivity (Wildman–Crippen MR) is 81.1 cm³/mol. The van der Waals surface area contributed by atoms with Gasteiger partial charge in [0.25, 0.3) is 0 Å². The van der Waals surface area contributed by atoms with Gasteiger partial charge in [0.1, 0.15) is 5.38 Å². The molecule has 3 heteroatoms. The molecule has 0 saturated carbocycles. The molecule has 0 saturated heterocycles. The molecule has 2 nitrogen and oxygen atoms in total. The van der Waals surface area contributed by atoms with Crippen molar-refractivity contribution in [2.75, 3.05) is 4.90 Å². The van der Waals surface area contributed by atoms with Gasteiger partial charge in [-0.1, -0.05) is 24.6 Å². The number of hydrogen-bond donors (Lipinski definition) is 0. The first-order chi connectivity index (χ1) is 8.74. The van der Waals surface area contributed by atoms with Crippen LogP contribution in [0, 0.1) is 6.92 Å². The fraction of sp³-hybridized carbons (Fsp3) is 0.562. The van der Waals surface area contributed by atoms with Crippen LogP contribution in [0.15, 0.2) is 18.2 Å². The molecule has 0 aliphatic carbocycles. The van der Waals surface area contributed by atoms with Crippen molar-refractivity contribution in [2.45, 2.75) is 57.9 Å². The Bertz CT molecular complexity index is 507. The van der Waals surface area contributed by atoms with Gasteiger partial charge in [-0.2, -0.15) is 0 Å². The number of aryl methyl sites for hydroxylation is 1. The van der Waals surface area contributed by atoms with Gasteiger partial charge in [-0.15, -0.1) is 11.6 Å². The van der Waals surface area contributed by atoms with E-state index in [4.69, 9.17) is 11.6 Å². The van der Waals surface area contributed by atoms with Crippen molar-refractivity contribution in [3.05, 3.63) is 29.3 Å². The van der Waals surface area contributed by atoms with E-state index in [1.165, 1.54) is 11.1 Å². The highest BCUT2D eigenvalue weighted by Gasteiger charge is 2.40. The molecule has 19 heavy (non-hydrogen) atoms. The first-order valence-electron chi connectivity index (χ1n) is 6.83. The standard InChI is InChI=1S/C16H22ClNO/c1-10-6-7-14-13(8-10)11(2)9-16(4,5)18(14)15(19)12(3)17/h6-8,11-12H,9H2,1-5H3/t11-,12+/m0/s1. The number of amides is 1. The summed E-state index contributed by atoms with van der Waals surface area (Å²) in [6, 6.07) is 6.31. The first-order valence-corrected chi connectivity index (χ1v) is 7.26. The Kier molecular flexibility index (Phi) is 3.65. The van der Waals surface area contributed by atoms with Crippen molar-refractivity contribution in [2.24, 2.45) is 0 Å². The average molecular weight is 280 g/mol. The third kappa shape index (κ3) is 2.51. The maximum absolute atomic E-state index is 12.5. The van der Waals surface area contributed by atoms with Crippen LogP contribution in [0.25, 0.3) is 0 Å². The summed E-state index contributed by atoms with van der Waals surface area (Å²) in [7, 11) is 0. The molecule has 0 N–H and O–H groups in total. The maximum atomic E-state index is 12.5. The summed E-state index contributed by atoms with van der Waals surface area (Å²) in [4.78, 5) is 14.4. The van der Waals surface area contributed by atoms with Crippen molar-refractivity contribution >= 4 is 23.2 Å². The highest BCUT2D eigenvalue weighted by molar-refractivity contribution is 6.32. The predicted octanol–water partition coefficient (Wildman–Crippen LogP) is 4.24. The molecular weight excluding hydrogens is 258 g/mol. The molecule has 1 aliphatic heterocycles. The quantitative estimate of drug-likeness (QED) is 0.704. The minimum atomic E-state index is -0.498. The number of fused-ring (bicyclic) bond motifs is 1. The van der Waals surface area contributed by atoms with E-state index in [0.717, 1.165) is 12.1 Å². The number of carbonyl (C=O) groups excluding carboxylic acids is 1. The van der Waals surface area contributed by atoms with Crippen molar-refractivity contribution in [3.63, 3.8) is 0 Å². The third-order valence-corrected chi connectivity index (χ3v) is 4.11. The summed E-state index contributed by atoms with van der Waals surface area (Å²) in [6.45, 7) is 10.3. The van der Waals surface area contributed by atoms with Crippen molar-refractivity contribution < 1.29 is 4.79 Å².